The van der Waals surface area contributed by atoms with Crippen molar-refractivity contribution < 1.29 is 22.0 Å². The summed E-state index contributed by atoms with van der Waals surface area (Å²) in [6.07, 6.45) is 0. The Kier molecular flexibility index (Phi) is 3.53. The fourth-order valence-corrected chi connectivity index (χ4v) is 1.77. The van der Waals surface area contributed by atoms with Crippen molar-refractivity contribution in [3.63, 3.8) is 0 Å². The Balaban J connectivity index is 2.56. The molecule has 0 radical (unpaired) electrons. The van der Waals surface area contributed by atoms with Gasteiger partial charge in [0.1, 0.15) is 17.5 Å². The lowest BCUT2D eigenvalue weighted by molar-refractivity contribution is 0.482. The van der Waals surface area contributed by atoms with E-state index in [-0.39, 0.29) is 0 Å². The first-order chi connectivity index (χ1) is 8.91. The summed E-state index contributed by atoms with van der Waals surface area (Å²) >= 11 is 0. The molecule has 0 fully saturated rings. The molecule has 1 atom stereocenters. The average Bonchev–Trinajstić information content (AvgIpc) is 2.31. The first-order valence-electron chi connectivity index (χ1n) is 5.25. The van der Waals surface area contributed by atoms with Gasteiger partial charge < -0.3 is 5.73 Å². The number of hydrogen-bond acceptors (Lipinski definition) is 1. The standard InChI is InChI=1S/C13H8F5N/c14-6-4-9(16)11(10(17)5-6)13(19)7-2-1-3-8(15)12(7)18/h1-5,13H,19H2. The van der Waals surface area contributed by atoms with Crippen LogP contribution in [0.1, 0.15) is 17.2 Å². The zero-order chi connectivity index (χ0) is 14.2. The highest BCUT2D eigenvalue weighted by molar-refractivity contribution is 5.34. The number of rotatable bonds is 2. The van der Waals surface area contributed by atoms with E-state index < -0.39 is 46.3 Å². The zero-order valence-electron chi connectivity index (χ0n) is 9.43. The van der Waals surface area contributed by atoms with Gasteiger partial charge in [0.25, 0.3) is 0 Å². The summed E-state index contributed by atoms with van der Waals surface area (Å²) in [6, 6.07) is 2.39. The average molecular weight is 273 g/mol. The SMILES string of the molecule is NC(c1cccc(F)c1F)c1c(F)cc(F)cc1F. The van der Waals surface area contributed by atoms with Crippen LogP contribution in [0.5, 0.6) is 0 Å². The number of halogens is 5. The summed E-state index contributed by atoms with van der Waals surface area (Å²) in [5, 5.41) is 0. The molecule has 1 nitrogen and oxygen atoms in total. The zero-order valence-corrected chi connectivity index (χ0v) is 9.43. The molecule has 0 aliphatic rings. The topological polar surface area (TPSA) is 26.0 Å². The van der Waals surface area contributed by atoms with Gasteiger partial charge in [0.2, 0.25) is 0 Å². The Morgan fingerprint density at radius 1 is 0.842 bits per heavy atom. The van der Waals surface area contributed by atoms with Crippen LogP contribution in [0.3, 0.4) is 0 Å². The van der Waals surface area contributed by atoms with Gasteiger partial charge in [0.15, 0.2) is 11.6 Å². The second-order valence-electron chi connectivity index (χ2n) is 3.90. The molecule has 2 aromatic rings. The molecule has 0 heterocycles. The Hall–Kier alpha value is -1.95. The van der Waals surface area contributed by atoms with Crippen molar-refractivity contribution in [3.8, 4) is 0 Å². The van der Waals surface area contributed by atoms with Crippen LogP contribution in [0, 0.1) is 29.1 Å². The predicted molar refractivity (Wildman–Crippen MR) is 58.7 cm³/mol. The van der Waals surface area contributed by atoms with Crippen molar-refractivity contribution in [1.82, 2.24) is 0 Å². The van der Waals surface area contributed by atoms with Gasteiger partial charge in [-0.3, -0.25) is 0 Å². The van der Waals surface area contributed by atoms with E-state index in [0.717, 1.165) is 18.2 Å². The van der Waals surface area contributed by atoms with E-state index in [2.05, 4.69) is 0 Å². The third kappa shape index (κ3) is 2.44. The second-order valence-corrected chi connectivity index (χ2v) is 3.90. The third-order valence-corrected chi connectivity index (χ3v) is 2.67. The highest BCUT2D eigenvalue weighted by atomic mass is 19.2. The molecule has 100 valence electrons. The number of hydrogen-bond donors (Lipinski definition) is 1. The largest absolute Gasteiger partial charge is 0.320 e. The van der Waals surface area contributed by atoms with E-state index in [1.54, 1.807) is 0 Å². The summed E-state index contributed by atoms with van der Waals surface area (Å²) in [5.74, 6) is -6.11. The van der Waals surface area contributed by atoms with Gasteiger partial charge in [-0.05, 0) is 6.07 Å². The van der Waals surface area contributed by atoms with E-state index in [9.17, 15) is 22.0 Å². The minimum Gasteiger partial charge on any atom is -0.320 e. The van der Waals surface area contributed by atoms with E-state index in [4.69, 9.17) is 5.73 Å². The molecule has 0 saturated carbocycles. The summed E-state index contributed by atoms with van der Waals surface area (Å²) in [7, 11) is 0. The van der Waals surface area contributed by atoms with Gasteiger partial charge in [0.05, 0.1) is 6.04 Å². The molecule has 19 heavy (non-hydrogen) atoms. The van der Waals surface area contributed by atoms with Gasteiger partial charge in [0, 0.05) is 23.3 Å². The van der Waals surface area contributed by atoms with Crippen molar-refractivity contribution in [3.05, 3.63) is 70.5 Å². The van der Waals surface area contributed by atoms with E-state index in [1.807, 2.05) is 0 Å². The molecule has 0 aromatic heterocycles. The van der Waals surface area contributed by atoms with Crippen molar-refractivity contribution in [1.29, 1.82) is 0 Å². The molecule has 0 aliphatic heterocycles. The molecule has 0 saturated heterocycles. The van der Waals surface area contributed by atoms with Crippen LogP contribution in [-0.2, 0) is 0 Å². The van der Waals surface area contributed by atoms with Crippen LogP contribution < -0.4 is 5.73 Å². The van der Waals surface area contributed by atoms with Crippen molar-refractivity contribution >= 4 is 0 Å². The Morgan fingerprint density at radius 2 is 1.42 bits per heavy atom. The van der Waals surface area contributed by atoms with Crippen LogP contribution in [0.15, 0.2) is 30.3 Å². The first-order valence-corrected chi connectivity index (χ1v) is 5.25. The Labute approximate surface area is 105 Å². The molecule has 2 N–H and O–H groups in total. The van der Waals surface area contributed by atoms with Crippen molar-refractivity contribution in [2.45, 2.75) is 6.04 Å². The van der Waals surface area contributed by atoms with Crippen LogP contribution in [0.25, 0.3) is 0 Å². The molecule has 0 bridgehead atoms. The van der Waals surface area contributed by atoms with Crippen LogP contribution in [-0.4, -0.2) is 0 Å². The highest BCUT2D eigenvalue weighted by Crippen LogP contribution is 2.28. The number of benzene rings is 2. The molecular weight excluding hydrogens is 265 g/mol. The van der Waals surface area contributed by atoms with Crippen LogP contribution in [0.2, 0.25) is 0 Å². The van der Waals surface area contributed by atoms with Gasteiger partial charge in [-0.1, -0.05) is 12.1 Å². The molecule has 2 rings (SSSR count). The maximum atomic E-state index is 13.5. The quantitative estimate of drug-likeness (QED) is 0.833. The highest BCUT2D eigenvalue weighted by Gasteiger charge is 2.23. The second kappa shape index (κ2) is 4.97. The fraction of sp³-hybridized carbons (Fsp3) is 0.0769. The van der Waals surface area contributed by atoms with Crippen LogP contribution in [0.4, 0.5) is 22.0 Å². The lowest BCUT2D eigenvalue weighted by atomic mass is 9.98. The van der Waals surface area contributed by atoms with E-state index >= 15 is 0 Å². The number of nitrogens with two attached hydrogens (primary N) is 1. The molecule has 0 aliphatic carbocycles. The van der Waals surface area contributed by atoms with E-state index in [0.29, 0.717) is 12.1 Å². The fourth-order valence-electron chi connectivity index (χ4n) is 1.77. The smallest absolute Gasteiger partial charge is 0.163 e. The van der Waals surface area contributed by atoms with Gasteiger partial charge in [-0.25, -0.2) is 22.0 Å². The molecule has 0 amide bonds. The predicted octanol–water partition coefficient (Wildman–Crippen LogP) is 3.43. The normalized spacial score (nSPS) is 12.5. The van der Waals surface area contributed by atoms with Crippen LogP contribution >= 0.6 is 0 Å². The third-order valence-electron chi connectivity index (χ3n) is 2.67. The summed E-state index contributed by atoms with van der Waals surface area (Å²) in [4.78, 5) is 0. The summed E-state index contributed by atoms with van der Waals surface area (Å²) in [5.41, 5.74) is 4.40. The molecular formula is C13H8F5N. The van der Waals surface area contributed by atoms with Gasteiger partial charge >= 0.3 is 0 Å². The maximum absolute atomic E-state index is 13.5. The minimum atomic E-state index is -1.57. The molecule has 2 aromatic carbocycles. The van der Waals surface area contributed by atoms with Gasteiger partial charge in [-0.2, -0.15) is 0 Å². The lowest BCUT2D eigenvalue weighted by Gasteiger charge is -2.15. The Morgan fingerprint density at radius 3 is 2.00 bits per heavy atom. The molecule has 1 unspecified atom stereocenters. The monoisotopic (exact) mass is 273 g/mol. The summed E-state index contributed by atoms with van der Waals surface area (Å²) in [6.45, 7) is 0. The van der Waals surface area contributed by atoms with Crippen molar-refractivity contribution in [2.24, 2.45) is 5.73 Å². The van der Waals surface area contributed by atoms with Crippen molar-refractivity contribution in [2.75, 3.05) is 0 Å². The lowest BCUT2D eigenvalue weighted by Crippen LogP contribution is -2.18. The maximum Gasteiger partial charge on any atom is 0.163 e. The molecule has 0 spiro atoms. The first kappa shape index (κ1) is 13.5. The van der Waals surface area contributed by atoms with E-state index in [1.165, 1.54) is 0 Å². The minimum absolute atomic E-state index is 0.413. The Bertz CT molecular complexity index is 603. The summed E-state index contributed by atoms with van der Waals surface area (Å²) < 4.78 is 66.3. The van der Waals surface area contributed by atoms with Gasteiger partial charge in [-0.15, -0.1) is 0 Å². The molecule has 6 heteroatoms.